The van der Waals surface area contributed by atoms with Crippen LogP contribution in [0, 0.1) is 12.7 Å². The molecule has 0 radical (unpaired) electrons. The van der Waals surface area contributed by atoms with E-state index >= 15 is 0 Å². The molecule has 0 spiro atoms. The zero-order valence-corrected chi connectivity index (χ0v) is 12.3. The van der Waals surface area contributed by atoms with Crippen molar-refractivity contribution in [2.45, 2.75) is 18.9 Å². The number of carbonyl (C=O) groups is 1. The predicted octanol–water partition coefficient (Wildman–Crippen LogP) is 1.27. The van der Waals surface area contributed by atoms with Crippen molar-refractivity contribution >= 4 is 11.7 Å². The number of benzene rings is 1. The van der Waals surface area contributed by atoms with Gasteiger partial charge in [0.2, 0.25) is 5.91 Å². The minimum atomic E-state index is -0.774. The van der Waals surface area contributed by atoms with Crippen LogP contribution in [0.5, 0.6) is 0 Å². The van der Waals surface area contributed by atoms with E-state index in [1.165, 1.54) is 24.1 Å². The SMILES string of the molecule is COCN1C(=O)[C@@H](N)[C@@H](c2ccc(F)cc2)c2c1n[nH]c2C. The Morgan fingerprint density at radius 2 is 2.09 bits per heavy atom. The average Bonchev–Trinajstić information content (AvgIpc) is 2.88. The molecule has 2 aromatic rings. The maximum atomic E-state index is 13.2. The van der Waals surface area contributed by atoms with E-state index in [1.807, 2.05) is 6.92 Å². The third-order valence-corrected chi connectivity index (χ3v) is 3.94. The number of carbonyl (C=O) groups excluding carboxylic acids is 1. The fourth-order valence-corrected chi connectivity index (χ4v) is 2.91. The second-order valence-electron chi connectivity index (χ2n) is 5.32. The summed E-state index contributed by atoms with van der Waals surface area (Å²) in [6.45, 7) is 1.95. The van der Waals surface area contributed by atoms with Gasteiger partial charge in [0.1, 0.15) is 12.5 Å². The summed E-state index contributed by atoms with van der Waals surface area (Å²) in [5.41, 5.74) is 8.63. The van der Waals surface area contributed by atoms with Crippen LogP contribution in [0.25, 0.3) is 0 Å². The number of fused-ring (bicyclic) bond motifs is 1. The minimum Gasteiger partial charge on any atom is -0.364 e. The summed E-state index contributed by atoms with van der Waals surface area (Å²) in [4.78, 5) is 14.0. The van der Waals surface area contributed by atoms with Gasteiger partial charge in [0, 0.05) is 24.3 Å². The van der Waals surface area contributed by atoms with E-state index in [4.69, 9.17) is 10.5 Å². The van der Waals surface area contributed by atoms with Crippen molar-refractivity contribution in [2.75, 3.05) is 18.7 Å². The number of aromatic nitrogens is 2. The van der Waals surface area contributed by atoms with E-state index in [0.717, 1.165) is 16.8 Å². The average molecular weight is 304 g/mol. The molecule has 1 amide bonds. The predicted molar refractivity (Wildman–Crippen MR) is 78.9 cm³/mol. The molecule has 22 heavy (non-hydrogen) atoms. The lowest BCUT2D eigenvalue weighted by atomic mass is 9.82. The van der Waals surface area contributed by atoms with E-state index in [9.17, 15) is 9.18 Å². The van der Waals surface area contributed by atoms with Gasteiger partial charge >= 0.3 is 0 Å². The van der Waals surface area contributed by atoms with E-state index in [1.54, 1.807) is 12.1 Å². The van der Waals surface area contributed by atoms with Gasteiger partial charge in [-0.15, -0.1) is 0 Å². The van der Waals surface area contributed by atoms with Crippen LogP contribution in [0.1, 0.15) is 22.7 Å². The van der Waals surface area contributed by atoms with E-state index in [0.29, 0.717) is 5.82 Å². The Morgan fingerprint density at radius 1 is 1.41 bits per heavy atom. The summed E-state index contributed by atoms with van der Waals surface area (Å²) in [7, 11) is 1.50. The lowest BCUT2D eigenvalue weighted by molar-refractivity contribution is -0.121. The number of aryl methyl sites for hydroxylation is 1. The van der Waals surface area contributed by atoms with Gasteiger partial charge in [-0.3, -0.25) is 14.8 Å². The first kappa shape index (κ1) is 14.7. The number of H-pyrrole nitrogens is 1. The molecular formula is C15H17FN4O2. The molecule has 7 heteroatoms. The van der Waals surface area contributed by atoms with Gasteiger partial charge in [0.05, 0.1) is 6.04 Å². The van der Waals surface area contributed by atoms with Crippen molar-refractivity contribution in [1.82, 2.24) is 10.2 Å². The summed E-state index contributed by atoms with van der Waals surface area (Å²) >= 11 is 0. The van der Waals surface area contributed by atoms with Crippen molar-refractivity contribution in [1.29, 1.82) is 0 Å². The highest BCUT2D eigenvalue weighted by Crippen LogP contribution is 2.39. The Bertz CT molecular complexity index is 698. The maximum absolute atomic E-state index is 13.2. The van der Waals surface area contributed by atoms with Crippen LogP contribution < -0.4 is 10.6 Å². The lowest BCUT2D eigenvalue weighted by Gasteiger charge is -2.35. The van der Waals surface area contributed by atoms with E-state index in [2.05, 4.69) is 10.2 Å². The minimum absolute atomic E-state index is 0.0833. The Labute approximate surface area is 127 Å². The molecule has 1 aromatic carbocycles. The van der Waals surface area contributed by atoms with E-state index in [-0.39, 0.29) is 24.4 Å². The van der Waals surface area contributed by atoms with Crippen molar-refractivity contribution in [2.24, 2.45) is 5.73 Å². The number of aromatic amines is 1. The Balaban J connectivity index is 2.13. The number of methoxy groups -OCH3 is 1. The highest BCUT2D eigenvalue weighted by atomic mass is 19.1. The Kier molecular flexibility index (Phi) is 3.67. The summed E-state index contributed by atoms with van der Waals surface area (Å²) in [6, 6.07) is 5.25. The van der Waals surface area contributed by atoms with Crippen LogP contribution in [0.15, 0.2) is 24.3 Å². The van der Waals surface area contributed by atoms with Gasteiger partial charge in [-0.1, -0.05) is 12.1 Å². The van der Waals surface area contributed by atoms with Crippen molar-refractivity contribution in [3.63, 3.8) is 0 Å². The molecule has 3 rings (SSSR count). The van der Waals surface area contributed by atoms with Gasteiger partial charge in [-0.25, -0.2) is 4.39 Å². The standard InChI is InChI=1S/C15H17FN4O2/c1-8-11-12(9-3-5-10(16)6-4-9)13(17)15(21)20(7-22-2)14(11)19-18-8/h3-6,12-13H,7,17H2,1-2H3,(H,18,19)/t12-,13-/m0/s1. The highest BCUT2D eigenvalue weighted by molar-refractivity contribution is 6.00. The number of amides is 1. The fourth-order valence-electron chi connectivity index (χ4n) is 2.91. The molecule has 2 heterocycles. The lowest BCUT2D eigenvalue weighted by Crippen LogP contribution is -2.52. The van der Waals surface area contributed by atoms with E-state index < -0.39 is 6.04 Å². The quantitative estimate of drug-likeness (QED) is 0.894. The van der Waals surface area contributed by atoms with Crippen molar-refractivity contribution < 1.29 is 13.9 Å². The summed E-state index contributed by atoms with van der Waals surface area (Å²) < 4.78 is 18.2. The number of rotatable bonds is 3. The zero-order chi connectivity index (χ0) is 15.9. The Morgan fingerprint density at radius 3 is 2.73 bits per heavy atom. The van der Waals surface area contributed by atoms with Gasteiger partial charge in [-0.2, -0.15) is 5.10 Å². The summed E-state index contributed by atoms with van der Waals surface area (Å²) in [5, 5.41) is 7.10. The smallest absolute Gasteiger partial charge is 0.248 e. The number of anilines is 1. The highest BCUT2D eigenvalue weighted by Gasteiger charge is 2.41. The molecule has 2 atom stereocenters. The zero-order valence-electron chi connectivity index (χ0n) is 12.3. The van der Waals surface area contributed by atoms with Crippen LogP contribution in [-0.4, -0.2) is 36.0 Å². The molecule has 6 nitrogen and oxygen atoms in total. The number of ether oxygens (including phenoxy) is 1. The number of nitrogens with zero attached hydrogens (tertiary/aromatic N) is 2. The molecule has 0 unspecified atom stereocenters. The third-order valence-electron chi connectivity index (χ3n) is 3.94. The molecule has 3 N–H and O–H groups in total. The molecule has 1 aromatic heterocycles. The van der Waals surface area contributed by atoms with Crippen LogP contribution in [0.2, 0.25) is 0 Å². The first-order valence-corrected chi connectivity index (χ1v) is 6.90. The number of nitrogens with one attached hydrogen (secondary N) is 1. The van der Waals surface area contributed by atoms with Crippen LogP contribution >= 0.6 is 0 Å². The number of nitrogens with two attached hydrogens (primary N) is 1. The fraction of sp³-hybridized carbons (Fsp3) is 0.333. The first-order valence-electron chi connectivity index (χ1n) is 6.90. The molecule has 1 aliphatic heterocycles. The molecule has 0 bridgehead atoms. The van der Waals surface area contributed by atoms with Gasteiger partial charge < -0.3 is 10.5 Å². The molecule has 0 saturated heterocycles. The Hall–Kier alpha value is -2.25. The molecular weight excluding hydrogens is 287 g/mol. The van der Waals surface area contributed by atoms with Crippen LogP contribution in [0.4, 0.5) is 10.2 Å². The summed E-state index contributed by atoms with van der Waals surface area (Å²) in [5.74, 6) is -0.449. The van der Waals surface area contributed by atoms with Crippen molar-refractivity contribution in [3.8, 4) is 0 Å². The van der Waals surface area contributed by atoms with Gasteiger partial charge in [0.25, 0.3) is 0 Å². The molecule has 0 saturated carbocycles. The van der Waals surface area contributed by atoms with Gasteiger partial charge in [0.15, 0.2) is 5.82 Å². The van der Waals surface area contributed by atoms with Gasteiger partial charge in [-0.05, 0) is 24.6 Å². The largest absolute Gasteiger partial charge is 0.364 e. The second-order valence-corrected chi connectivity index (χ2v) is 5.32. The first-order chi connectivity index (χ1) is 10.5. The molecule has 1 aliphatic rings. The molecule has 116 valence electrons. The molecule has 0 aliphatic carbocycles. The van der Waals surface area contributed by atoms with Crippen molar-refractivity contribution in [3.05, 3.63) is 46.9 Å². The van der Waals surface area contributed by atoms with Crippen LogP contribution in [-0.2, 0) is 9.53 Å². The number of halogens is 1. The molecule has 0 fully saturated rings. The second kappa shape index (κ2) is 5.51. The number of hydrogen-bond acceptors (Lipinski definition) is 4. The third kappa shape index (κ3) is 2.18. The van der Waals surface area contributed by atoms with Crippen LogP contribution in [0.3, 0.4) is 0 Å². The maximum Gasteiger partial charge on any atom is 0.248 e. The topological polar surface area (TPSA) is 84.2 Å². The monoisotopic (exact) mass is 304 g/mol. The normalized spacial score (nSPS) is 21.1. The summed E-state index contributed by atoms with van der Waals surface area (Å²) in [6.07, 6.45) is 0. The number of hydrogen-bond donors (Lipinski definition) is 2.